The van der Waals surface area contributed by atoms with Gasteiger partial charge in [0.05, 0.1) is 36.0 Å². The number of ether oxygens (including phenoxy) is 1. The van der Waals surface area contributed by atoms with Gasteiger partial charge in [-0.2, -0.15) is 0 Å². The van der Waals surface area contributed by atoms with E-state index in [1.54, 1.807) is 42.5 Å². The summed E-state index contributed by atoms with van der Waals surface area (Å²) in [6.45, 7) is -0.00779. The molecule has 7 rings (SSSR count). The lowest BCUT2D eigenvalue weighted by atomic mass is 9.49. The van der Waals surface area contributed by atoms with Gasteiger partial charge in [0.1, 0.15) is 0 Å². The van der Waals surface area contributed by atoms with Crippen LogP contribution in [0.3, 0.4) is 0 Å². The topological polar surface area (TPSA) is 142 Å². The summed E-state index contributed by atoms with van der Waals surface area (Å²) in [7, 11) is 1.43. The number of nitrogens with zero attached hydrogens (tertiary/aromatic N) is 2. The number of aliphatic carboxylic acids is 1. The standard InChI is InChI=1S/C37H33ClN2O8/c1-48-29-15-12-20(17-28(29)41)32-24-13-14-25-31(35(46)39(33(25)44)16-6-11-30(42)43)26(24)19-27-34(45)40(23-10-5-9-22(38)18-23)36(47)37(27,32)21-7-3-2-4-8-21/h2-5,7-10,12-13,15,17-18,25-27,31-32,41H,6,11,14,16,19H2,1H3,(H,42,43). The van der Waals surface area contributed by atoms with Crippen molar-refractivity contribution in [2.24, 2.45) is 23.7 Å². The van der Waals surface area contributed by atoms with E-state index in [4.69, 9.17) is 21.4 Å². The molecular formula is C37H33ClN2O8. The van der Waals surface area contributed by atoms with Crippen LogP contribution in [0.15, 0.2) is 84.4 Å². The molecule has 0 bridgehead atoms. The first-order valence-electron chi connectivity index (χ1n) is 15.9. The lowest BCUT2D eigenvalue weighted by Crippen LogP contribution is -2.53. The fourth-order valence-corrected chi connectivity index (χ4v) is 8.86. The lowest BCUT2D eigenvalue weighted by Gasteiger charge is -2.50. The number of hydrogen-bond donors (Lipinski definition) is 2. The molecule has 48 heavy (non-hydrogen) atoms. The van der Waals surface area contributed by atoms with Crippen LogP contribution in [-0.4, -0.2) is 58.4 Å². The van der Waals surface area contributed by atoms with E-state index in [9.17, 15) is 24.3 Å². The minimum Gasteiger partial charge on any atom is -0.504 e. The number of carbonyl (C=O) groups excluding carboxylic acids is 4. The molecule has 0 radical (unpaired) electrons. The van der Waals surface area contributed by atoms with Crippen molar-refractivity contribution in [3.05, 3.63) is 101 Å². The van der Waals surface area contributed by atoms with Gasteiger partial charge in [-0.05, 0) is 66.6 Å². The minimum absolute atomic E-state index is 0.00779. The van der Waals surface area contributed by atoms with Crippen LogP contribution in [0.1, 0.15) is 42.7 Å². The van der Waals surface area contributed by atoms with Crippen molar-refractivity contribution in [3.63, 3.8) is 0 Å². The summed E-state index contributed by atoms with van der Waals surface area (Å²) in [4.78, 5) is 71.1. The normalized spacial score (nSPS) is 27.8. The van der Waals surface area contributed by atoms with Crippen LogP contribution in [0.2, 0.25) is 5.02 Å². The molecule has 2 saturated heterocycles. The zero-order valence-electron chi connectivity index (χ0n) is 26.0. The number of methoxy groups -OCH3 is 1. The number of anilines is 1. The number of allylic oxidation sites excluding steroid dienone is 2. The van der Waals surface area contributed by atoms with E-state index < -0.39 is 58.7 Å². The maximum absolute atomic E-state index is 15.2. The van der Waals surface area contributed by atoms with Gasteiger partial charge in [0, 0.05) is 23.9 Å². The fraction of sp³-hybridized carbons (Fsp3) is 0.324. The van der Waals surface area contributed by atoms with E-state index in [2.05, 4.69) is 0 Å². The van der Waals surface area contributed by atoms with Gasteiger partial charge in [-0.25, -0.2) is 4.90 Å². The average molecular weight is 669 g/mol. The number of carboxylic acid groups (broad SMARTS) is 1. The molecule has 246 valence electrons. The van der Waals surface area contributed by atoms with Gasteiger partial charge in [-0.15, -0.1) is 0 Å². The number of rotatable bonds is 8. The first kappa shape index (κ1) is 31.6. The van der Waals surface area contributed by atoms with E-state index >= 15 is 4.79 Å². The highest BCUT2D eigenvalue weighted by atomic mass is 35.5. The smallest absolute Gasteiger partial charge is 0.303 e. The van der Waals surface area contributed by atoms with Gasteiger partial charge < -0.3 is 14.9 Å². The average Bonchev–Trinajstić information content (AvgIpc) is 3.45. The van der Waals surface area contributed by atoms with Crippen molar-refractivity contribution in [3.8, 4) is 11.5 Å². The Morgan fingerprint density at radius 2 is 1.73 bits per heavy atom. The Morgan fingerprint density at radius 1 is 0.958 bits per heavy atom. The van der Waals surface area contributed by atoms with E-state index in [1.165, 1.54) is 16.9 Å². The molecule has 2 heterocycles. The zero-order valence-corrected chi connectivity index (χ0v) is 26.8. The number of phenolic OH excluding ortho intramolecular Hbond substituents is 1. The molecule has 2 aliphatic carbocycles. The second-order valence-electron chi connectivity index (χ2n) is 12.9. The van der Waals surface area contributed by atoms with Crippen molar-refractivity contribution in [2.45, 2.75) is 37.0 Å². The monoisotopic (exact) mass is 668 g/mol. The van der Waals surface area contributed by atoms with Crippen LogP contribution in [0.4, 0.5) is 5.69 Å². The SMILES string of the molecule is COc1ccc(C2C3=CCC4C(=O)N(CCCC(=O)O)C(=O)C4C3CC3C(=O)N(c4cccc(Cl)c4)C(=O)C32c2ccccc2)cc1O. The molecule has 0 spiro atoms. The van der Waals surface area contributed by atoms with Gasteiger partial charge in [-0.3, -0.25) is 28.9 Å². The third kappa shape index (κ3) is 4.64. The summed E-state index contributed by atoms with van der Waals surface area (Å²) in [5.41, 5.74) is 0.780. The van der Waals surface area contributed by atoms with E-state index in [1.807, 2.05) is 36.4 Å². The lowest BCUT2D eigenvalue weighted by molar-refractivity contribution is -0.142. The molecule has 2 N–H and O–H groups in total. The molecule has 2 aliphatic heterocycles. The van der Waals surface area contributed by atoms with E-state index in [-0.39, 0.29) is 49.6 Å². The van der Waals surface area contributed by atoms with Gasteiger partial charge >= 0.3 is 5.97 Å². The molecule has 3 aromatic carbocycles. The van der Waals surface area contributed by atoms with Crippen LogP contribution in [0.5, 0.6) is 11.5 Å². The van der Waals surface area contributed by atoms with Crippen molar-refractivity contribution < 1.29 is 38.9 Å². The quantitative estimate of drug-likeness (QED) is 0.250. The Bertz CT molecular complexity index is 1890. The van der Waals surface area contributed by atoms with E-state index in [0.29, 0.717) is 21.8 Å². The molecule has 10 nitrogen and oxygen atoms in total. The van der Waals surface area contributed by atoms with Crippen molar-refractivity contribution in [2.75, 3.05) is 18.6 Å². The predicted molar refractivity (Wildman–Crippen MR) is 174 cm³/mol. The number of aromatic hydroxyl groups is 1. The maximum Gasteiger partial charge on any atom is 0.303 e. The third-order valence-corrected chi connectivity index (χ3v) is 10.8. The molecule has 4 aliphatic rings. The van der Waals surface area contributed by atoms with Gasteiger partial charge in [-0.1, -0.05) is 65.7 Å². The molecule has 3 aromatic rings. The second-order valence-corrected chi connectivity index (χ2v) is 13.3. The molecule has 3 fully saturated rings. The Morgan fingerprint density at radius 3 is 2.42 bits per heavy atom. The number of halogens is 1. The van der Waals surface area contributed by atoms with Crippen molar-refractivity contribution in [1.82, 2.24) is 4.90 Å². The Labute approximate surface area is 281 Å². The molecule has 4 amide bonds. The number of phenols is 1. The maximum atomic E-state index is 15.2. The summed E-state index contributed by atoms with van der Waals surface area (Å²) in [6, 6.07) is 20.6. The molecular weight excluding hydrogens is 636 g/mol. The largest absolute Gasteiger partial charge is 0.504 e. The first-order valence-corrected chi connectivity index (χ1v) is 16.3. The summed E-state index contributed by atoms with van der Waals surface area (Å²) in [5.74, 6) is -6.32. The van der Waals surface area contributed by atoms with Crippen LogP contribution >= 0.6 is 11.6 Å². The molecule has 6 atom stereocenters. The van der Waals surface area contributed by atoms with Crippen LogP contribution in [-0.2, 0) is 29.4 Å². The number of carbonyl (C=O) groups is 5. The van der Waals surface area contributed by atoms with Crippen LogP contribution in [0, 0.1) is 23.7 Å². The summed E-state index contributed by atoms with van der Waals surface area (Å²) in [6.07, 6.45) is 2.26. The first-order chi connectivity index (χ1) is 23.1. The van der Waals surface area contributed by atoms with Crippen molar-refractivity contribution >= 4 is 46.9 Å². The number of likely N-dealkylation sites (tertiary alicyclic amines) is 1. The Kier molecular flexibility index (Phi) is 7.86. The highest BCUT2D eigenvalue weighted by Crippen LogP contribution is 2.64. The van der Waals surface area contributed by atoms with E-state index in [0.717, 1.165) is 5.57 Å². The molecule has 1 saturated carbocycles. The Balaban J connectivity index is 1.43. The number of amides is 4. The highest BCUT2D eigenvalue weighted by Gasteiger charge is 2.70. The number of carboxylic acids is 1. The summed E-state index contributed by atoms with van der Waals surface area (Å²) in [5, 5.41) is 20.5. The number of fused-ring (bicyclic) bond motifs is 4. The third-order valence-electron chi connectivity index (χ3n) is 10.6. The minimum atomic E-state index is -1.47. The van der Waals surface area contributed by atoms with Crippen molar-refractivity contribution in [1.29, 1.82) is 0 Å². The molecule has 11 heteroatoms. The molecule has 0 aromatic heterocycles. The zero-order chi connectivity index (χ0) is 33.9. The number of hydrogen-bond acceptors (Lipinski definition) is 7. The van der Waals surface area contributed by atoms with Gasteiger partial charge in [0.25, 0.3) is 0 Å². The van der Waals surface area contributed by atoms with Gasteiger partial charge in [0.2, 0.25) is 23.6 Å². The molecule has 6 unspecified atom stereocenters. The van der Waals surface area contributed by atoms with Crippen LogP contribution < -0.4 is 9.64 Å². The second kappa shape index (κ2) is 11.9. The fourth-order valence-electron chi connectivity index (χ4n) is 8.68. The summed E-state index contributed by atoms with van der Waals surface area (Å²) < 4.78 is 5.33. The number of imide groups is 2. The van der Waals surface area contributed by atoms with Gasteiger partial charge in [0.15, 0.2) is 11.5 Å². The highest BCUT2D eigenvalue weighted by molar-refractivity contribution is 6.32. The van der Waals surface area contributed by atoms with Crippen LogP contribution in [0.25, 0.3) is 0 Å². The Hall–Kier alpha value is -4.96. The number of benzene rings is 3. The predicted octanol–water partition coefficient (Wildman–Crippen LogP) is 5.08. The summed E-state index contributed by atoms with van der Waals surface area (Å²) >= 11 is 6.35.